The molecule has 0 unspecified atom stereocenters. The molecule has 0 amide bonds. The second kappa shape index (κ2) is 3.96. The Labute approximate surface area is 109 Å². The number of benzene rings is 1. The number of aliphatic imine (C=N–C) groups is 1. The van der Waals surface area contributed by atoms with Crippen molar-refractivity contribution < 1.29 is 5.11 Å². The number of hydrogen-bond donors (Lipinski definition) is 3. The van der Waals surface area contributed by atoms with Gasteiger partial charge in [0.05, 0.1) is 5.69 Å². The maximum absolute atomic E-state index is 9.69. The lowest BCUT2D eigenvalue weighted by atomic mass is 10.0. The normalized spacial score (nSPS) is 15.8. The molecule has 0 aliphatic carbocycles. The van der Waals surface area contributed by atoms with Gasteiger partial charge in [-0.15, -0.1) is 0 Å². The Balaban J connectivity index is 2.16. The van der Waals surface area contributed by atoms with Crippen LogP contribution in [0.3, 0.4) is 0 Å². The summed E-state index contributed by atoms with van der Waals surface area (Å²) >= 11 is 4.94. The largest absolute Gasteiger partial charge is 0.493 e. The van der Waals surface area contributed by atoms with E-state index in [1.807, 2.05) is 37.3 Å². The van der Waals surface area contributed by atoms with E-state index in [0.717, 1.165) is 22.5 Å². The number of allylic oxidation sites excluding steroid dienone is 1. The summed E-state index contributed by atoms with van der Waals surface area (Å²) in [5.41, 5.74) is 4.51. The number of imidazole rings is 1. The van der Waals surface area contributed by atoms with E-state index in [1.54, 1.807) is 0 Å². The molecule has 2 aromatic rings. The van der Waals surface area contributed by atoms with E-state index < -0.39 is 0 Å². The molecule has 0 saturated heterocycles. The summed E-state index contributed by atoms with van der Waals surface area (Å²) in [5, 5.41) is 9.69. The average Bonchev–Trinajstić information content (AvgIpc) is 2.81. The van der Waals surface area contributed by atoms with Crippen molar-refractivity contribution in [3.05, 3.63) is 40.3 Å². The molecule has 1 aromatic carbocycles. The topological polar surface area (TPSA) is 64.2 Å². The third-order valence-electron chi connectivity index (χ3n) is 2.90. The number of para-hydroxylation sites is 1. The fourth-order valence-corrected chi connectivity index (χ4v) is 2.26. The Morgan fingerprint density at radius 1 is 1.28 bits per heavy atom. The molecule has 0 spiro atoms. The molecule has 3 rings (SSSR count). The molecule has 0 saturated carbocycles. The number of H-pyrrole nitrogens is 2. The molecule has 5 heteroatoms. The minimum atomic E-state index is 0.0460. The lowest BCUT2D eigenvalue weighted by Crippen LogP contribution is -1.90. The summed E-state index contributed by atoms with van der Waals surface area (Å²) in [6, 6.07) is 7.91. The quantitative estimate of drug-likeness (QED) is 0.685. The summed E-state index contributed by atoms with van der Waals surface area (Å²) in [4.78, 5) is 10.0. The standard InChI is InChI=1S/C13H11N3OS/c1-7-9(6-11-12(17)16-13(18)15-11)8-4-2-3-5-10(8)14-7/h2-6,17H,1H3,(H2,15,16,18). The van der Waals surface area contributed by atoms with E-state index >= 15 is 0 Å². The fraction of sp³-hybridized carbons (Fsp3) is 0.0769. The zero-order chi connectivity index (χ0) is 12.7. The highest BCUT2D eigenvalue weighted by molar-refractivity contribution is 7.71. The maximum Gasteiger partial charge on any atom is 0.215 e. The molecule has 1 aliphatic heterocycles. The average molecular weight is 257 g/mol. The van der Waals surface area contributed by atoms with Crippen LogP contribution >= 0.6 is 12.2 Å². The van der Waals surface area contributed by atoms with Crippen LogP contribution in [0.5, 0.6) is 5.88 Å². The number of nitrogens with one attached hydrogen (secondary N) is 2. The van der Waals surface area contributed by atoms with Gasteiger partial charge in [0.1, 0.15) is 5.69 Å². The number of aromatic nitrogens is 2. The lowest BCUT2D eigenvalue weighted by molar-refractivity contribution is 0.455. The van der Waals surface area contributed by atoms with Gasteiger partial charge >= 0.3 is 0 Å². The third kappa shape index (κ3) is 1.69. The Hall–Kier alpha value is -2.14. The van der Waals surface area contributed by atoms with Gasteiger partial charge in [-0.3, -0.25) is 4.99 Å². The van der Waals surface area contributed by atoms with Gasteiger partial charge in [-0.05, 0) is 31.3 Å². The first-order valence-electron chi connectivity index (χ1n) is 5.53. The van der Waals surface area contributed by atoms with Crippen molar-refractivity contribution in [2.75, 3.05) is 0 Å². The second-order valence-electron chi connectivity index (χ2n) is 4.11. The molecule has 0 radical (unpaired) electrons. The van der Waals surface area contributed by atoms with Crippen molar-refractivity contribution >= 4 is 35.3 Å². The van der Waals surface area contributed by atoms with Crippen molar-refractivity contribution in [2.24, 2.45) is 4.99 Å². The summed E-state index contributed by atoms with van der Waals surface area (Å²) in [6.07, 6.45) is 1.85. The van der Waals surface area contributed by atoms with Gasteiger partial charge in [0.25, 0.3) is 0 Å². The van der Waals surface area contributed by atoms with Gasteiger partial charge in [0.2, 0.25) is 5.88 Å². The molecule has 90 valence electrons. The summed E-state index contributed by atoms with van der Waals surface area (Å²) in [7, 11) is 0. The summed E-state index contributed by atoms with van der Waals surface area (Å²) in [5.74, 6) is 0.0460. The van der Waals surface area contributed by atoms with Gasteiger partial charge in [-0.1, -0.05) is 18.2 Å². The molecule has 1 aliphatic rings. The number of fused-ring (bicyclic) bond motifs is 1. The van der Waals surface area contributed by atoms with Gasteiger partial charge in [0, 0.05) is 16.8 Å². The zero-order valence-electron chi connectivity index (χ0n) is 9.69. The smallest absolute Gasteiger partial charge is 0.215 e. The number of aromatic hydroxyl groups is 1. The summed E-state index contributed by atoms with van der Waals surface area (Å²) in [6.45, 7) is 1.95. The lowest BCUT2D eigenvalue weighted by Gasteiger charge is -2.00. The van der Waals surface area contributed by atoms with Crippen molar-refractivity contribution in [3.63, 3.8) is 0 Å². The number of aromatic amines is 2. The van der Waals surface area contributed by atoms with Gasteiger partial charge < -0.3 is 15.1 Å². The number of nitrogens with zero attached hydrogens (tertiary/aromatic N) is 1. The van der Waals surface area contributed by atoms with Gasteiger partial charge in [-0.25, -0.2) is 0 Å². The molecule has 0 atom stereocenters. The first-order valence-corrected chi connectivity index (χ1v) is 5.94. The van der Waals surface area contributed by atoms with E-state index in [-0.39, 0.29) is 5.88 Å². The predicted octanol–water partition coefficient (Wildman–Crippen LogP) is 3.42. The molecule has 2 heterocycles. The molecule has 0 fully saturated rings. The monoisotopic (exact) mass is 257 g/mol. The highest BCUT2D eigenvalue weighted by Crippen LogP contribution is 2.35. The predicted molar refractivity (Wildman–Crippen MR) is 74.7 cm³/mol. The number of hydrogen-bond acceptors (Lipinski definition) is 3. The van der Waals surface area contributed by atoms with E-state index in [2.05, 4.69) is 15.0 Å². The Morgan fingerprint density at radius 2 is 2.06 bits per heavy atom. The van der Waals surface area contributed by atoms with E-state index in [4.69, 9.17) is 12.2 Å². The fourth-order valence-electron chi connectivity index (χ4n) is 2.05. The SMILES string of the molecule is CC1=Nc2ccccc2C1=Cc1[nH]c(=S)[nH]c1O. The zero-order valence-corrected chi connectivity index (χ0v) is 10.5. The molecule has 3 N–H and O–H groups in total. The van der Waals surface area contributed by atoms with Crippen LogP contribution < -0.4 is 0 Å². The Bertz CT molecular complexity index is 737. The first-order chi connectivity index (χ1) is 8.65. The van der Waals surface area contributed by atoms with Crippen LogP contribution in [0.25, 0.3) is 11.6 Å². The minimum Gasteiger partial charge on any atom is -0.493 e. The van der Waals surface area contributed by atoms with Gasteiger partial charge in [-0.2, -0.15) is 0 Å². The van der Waals surface area contributed by atoms with E-state index in [0.29, 0.717) is 10.5 Å². The van der Waals surface area contributed by atoms with Gasteiger partial charge in [0.15, 0.2) is 4.77 Å². The van der Waals surface area contributed by atoms with Crippen molar-refractivity contribution in [2.45, 2.75) is 6.92 Å². The Kier molecular flexibility index (Phi) is 2.41. The highest BCUT2D eigenvalue weighted by atomic mass is 32.1. The van der Waals surface area contributed by atoms with Crippen molar-refractivity contribution in [1.82, 2.24) is 9.97 Å². The molecular weight excluding hydrogens is 246 g/mol. The summed E-state index contributed by atoms with van der Waals surface area (Å²) < 4.78 is 0.403. The van der Waals surface area contributed by atoms with E-state index in [1.165, 1.54) is 0 Å². The second-order valence-corrected chi connectivity index (χ2v) is 4.52. The van der Waals surface area contributed by atoms with Crippen LogP contribution in [-0.2, 0) is 0 Å². The number of rotatable bonds is 1. The van der Waals surface area contributed by atoms with Crippen molar-refractivity contribution in [3.8, 4) is 5.88 Å². The highest BCUT2D eigenvalue weighted by Gasteiger charge is 2.17. The van der Waals surface area contributed by atoms with Crippen LogP contribution in [0.15, 0.2) is 29.3 Å². The maximum atomic E-state index is 9.69. The van der Waals surface area contributed by atoms with Crippen LogP contribution in [0.2, 0.25) is 0 Å². The minimum absolute atomic E-state index is 0.0460. The molecule has 0 bridgehead atoms. The van der Waals surface area contributed by atoms with Crippen LogP contribution in [0, 0.1) is 4.77 Å². The first kappa shape index (κ1) is 11.0. The Morgan fingerprint density at radius 3 is 2.78 bits per heavy atom. The molecule has 4 nitrogen and oxygen atoms in total. The van der Waals surface area contributed by atoms with E-state index in [9.17, 15) is 5.11 Å². The third-order valence-corrected chi connectivity index (χ3v) is 3.10. The molecular formula is C13H11N3OS. The molecule has 1 aromatic heterocycles. The van der Waals surface area contributed by atoms with Crippen LogP contribution in [0.4, 0.5) is 5.69 Å². The van der Waals surface area contributed by atoms with Crippen molar-refractivity contribution in [1.29, 1.82) is 0 Å². The van der Waals surface area contributed by atoms with Crippen LogP contribution in [0.1, 0.15) is 18.2 Å². The molecule has 18 heavy (non-hydrogen) atoms. The van der Waals surface area contributed by atoms with Crippen LogP contribution in [-0.4, -0.2) is 20.8 Å².